The maximum Gasteiger partial charge on any atom is 0.0947 e. The normalized spacial score (nSPS) is 33.0. The Bertz CT molecular complexity index is 485. The van der Waals surface area contributed by atoms with E-state index in [2.05, 4.69) is 4.90 Å². The highest BCUT2D eigenvalue weighted by Gasteiger charge is 2.45. The van der Waals surface area contributed by atoms with Crippen LogP contribution in [0.2, 0.25) is 0 Å². The lowest BCUT2D eigenvalue weighted by Crippen LogP contribution is -2.33. The van der Waals surface area contributed by atoms with Gasteiger partial charge in [0.25, 0.3) is 0 Å². The van der Waals surface area contributed by atoms with E-state index in [-0.39, 0.29) is 11.7 Å². The van der Waals surface area contributed by atoms with Crippen LogP contribution in [0.3, 0.4) is 0 Å². The zero-order valence-corrected chi connectivity index (χ0v) is 13.7. The van der Waals surface area contributed by atoms with Gasteiger partial charge in [0.2, 0.25) is 0 Å². The molecule has 4 heterocycles. The van der Waals surface area contributed by atoms with Crippen molar-refractivity contribution in [3.8, 4) is 0 Å². The molecular formula is C18H27NO4. The number of hydrogen-bond acceptors (Lipinski definition) is 5. The van der Waals surface area contributed by atoms with Gasteiger partial charge in [-0.05, 0) is 31.2 Å². The summed E-state index contributed by atoms with van der Waals surface area (Å²) >= 11 is 0. The Balaban J connectivity index is 1.23. The number of hydrogen-bond donors (Lipinski definition) is 0. The van der Waals surface area contributed by atoms with Crippen molar-refractivity contribution >= 4 is 0 Å². The molecule has 0 aliphatic carbocycles. The molecule has 0 N–H and O–H groups in total. The van der Waals surface area contributed by atoms with E-state index in [9.17, 15) is 0 Å². The van der Waals surface area contributed by atoms with Crippen LogP contribution in [-0.4, -0.2) is 56.1 Å². The van der Waals surface area contributed by atoms with Crippen molar-refractivity contribution in [2.24, 2.45) is 5.92 Å². The molecule has 0 aromatic carbocycles. The molecule has 23 heavy (non-hydrogen) atoms. The van der Waals surface area contributed by atoms with Gasteiger partial charge >= 0.3 is 0 Å². The topological polar surface area (TPSA) is 44.1 Å². The molecule has 0 amide bonds. The van der Waals surface area contributed by atoms with E-state index >= 15 is 0 Å². The third-order valence-corrected chi connectivity index (χ3v) is 5.47. The zero-order valence-electron chi connectivity index (χ0n) is 13.7. The lowest BCUT2D eigenvalue weighted by molar-refractivity contribution is -0.0188. The smallest absolute Gasteiger partial charge is 0.0947 e. The Hall–Kier alpha value is -0.880. The maximum atomic E-state index is 6.19. The van der Waals surface area contributed by atoms with E-state index in [0.717, 1.165) is 71.7 Å². The van der Waals surface area contributed by atoms with Crippen molar-refractivity contribution in [3.05, 3.63) is 24.2 Å². The summed E-state index contributed by atoms with van der Waals surface area (Å²) in [6, 6.07) is 2.04. The fraction of sp³-hybridized carbons (Fsp3) is 0.778. The summed E-state index contributed by atoms with van der Waals surface area (Å²) in [4.78, 5) is 2.46. The Morgan fingerprint density at radius 2 is 2.22 bits per heavy atom. The minimum Gasteiger partial charge on any atom is -0.472 e. The average Bonchev–Trinajstić information content (AvgIpc) is 3.31. The van der Waals surface area contributed by atoms with Crippen molar-refractivity contribution in [1.82, 2.24) is 4.90 Å². The lowest BCUT2D eigenvalue weighted by Gasteiger charge is -2.24. The Morgan fingerprint density at radius 3 is 3.04 bits per heavy atom. The molecule has 2 atom stereocenters. The van der Waals surface area contributed by atoms with Crippen molar-refractivity contribution in [1.29, 1.82) is 0 Å². The van der Waals surface area contributed by atoms with Gasteiger partial charge in [-0.2, -0.15) is 0 Å². The van der Waals surface area contributed by atoms with Gasteiger partial charge in [-0.25, -0.2) is 0 Å². The van der Waals surface area contributed by atoms with Crippen molar-refractivity contribution < 1.29 is 18.6 Å². The van der Waals surface area contributed by atoms with E-state index in [0.29, 0.717) is 5.92 Å². The first-order valence-electron chi connectivity index (χ1n) is 8.88. The summed E-state index contributed by atoms with van der Waals surface area (Å²) in [5.74, 6) is 0.668. The van der Waals surface area contributed by atoms with E-state index in [1.54, 1.807) is 6.26 Å². The Morgan fingerprint density at radius 1 is 1.30 bits per heavy atom. The summed E-state index contributed by atoms with van der Waals surface area (Å²) in [6.45, 7) is 6.46. The molecule has 4 rings (SSSR count). The van der Waals surface area contributed by atoms with Gasteiger partial charge in [0, 0.05) is 44.8 Å². The summed E-state index contributed by atoms with van der Waals surface area (Å²) in [5.41, 5.74) is 1.26. The summed E-state index contributed by atoms with van der Waals surface area (Å²) in [7, 11) is 0. The van der Waals surface area contributed by atoms with Crippen LogP contribution in [0.15, 0.2) is 23.0 Å². The van der Waals surface area contributed by atoms with Gasteiger partial charge in [-0.3, -0.25) is 4.90 Å². The second-order valence-corrected chi connectivity index (χ2v) is 7.30. The largest absolute Gasteiger partial charge is 0.472 e. The molecule has 5 nitrogen and oxygen atoms in total. The summed E-state index contributed by atoms with van der Waals surface area (Å²) in [5, 5.41) is 0. The van der Waals surface area contributed by atoms with Gasteiger partial charge in [-0.15, -0.1) is 0 Å². The van der Waals surface area contributed by atoms with Gasteiger partial charge in [0.15, 0.2) is 0 Å². The monoisotopic (exact) mass is 321 g/mol. The second-order valence-electron chi connectivity index (χ2n) is 7.30. The number of rotatable bonds is 5. The molecule has 3 aliphatic heterocycles. The highest BCUT2D eigenvalue weighted by molar-refractivity contribution is 5.07. The molecule has 5 heteroatoms. The highest BCUT2D eigenvalue weighted by Crippen LogP contribution is 2.37. The van der Waals surface area contributed by atoms with Crippen LogP contribution in [0.5, 0.6) is 0 Å². The standard InChI is InChI=1S/C18H27NO4/c1-6-20-7-2-15(1)12-22-17-9-18(23-13-17)4-5-19(14-18)10-16-3-8-21-11-16/h3,8,11,15,17H,1-2,4-7,9-10,12-14H2/t17-,18-/m0/s1. The predicted octanol–water partition coefficient (Wildman–Crippen LogP) is 2.46. The summed E-state index contributed by atoms with van der Waals surface area (Å²) in [6.07, 6.45) is 8.27. The summed E-state index contributed by atoms with van der Waals surface area (Å²) < 4.78 is 22.9. The molecule has 1 aromatic heterocycles. The molecule has 3 aliphatic rings. The highest BCUT2D eigenvalue weighted by atomic mass is 16.6. The Kier molecular flexibility index (Phi) is 4.71. The fourth-order valence-electron chi connectivity index (χ4n) is 4.08. The second kappa shape index (κ2) is 6.93. The first-order chi connectivity index (χ1) is 11.3. The quantitative estimate of drug-likeness (QED) is 0.833. The number of nitrogens with zero attached hydrogens (tertiary/aromatic N) is 1. The van der Waals surface area contributed by atoms with Crippen LogP contribution < -0.4 is 0 Å². The van der Waals surface area contributed by atoms with Crippen LogP contribution in [0.4, 0.5) is 0 Å². The molecule has 3 fully saturated rings. The fourth-order valence-corrected chi connectivity index (χ4v) is 4.08. The van der Waals surface area contributed by atoms with Gasteiger partial charge < -0.3 is 18.6 Å². The molecule has 3 saturated heterocycles. The van der Waals surface area contributed by atoms with E-state index < -0.39 is 0 Å². The lowest BCUT2D eigenvalue weighted by atomic mass is 9.98. The van der Waals surface area contributed by atoms with Gasteiger partial charge in [0.1, 0.15) is 0 Å². The third-order valence-electron chi connectivity index (χ3n) is 5.47. The van der Waals surface area contributed by atoms with Gasteiger partial charge in [0.05, 0.1) is 37.4 Å². The average molecular weight is 321 g/mol. The number of furan rings is 1. The number of ether oxygens (including phenoxy) is 3. The van der Waals surface area contributed by atoms with Crippen LogP contribution in [0.1, 0.15) is 31.2 Å². The van der Waals surface area contributed by atoms with Crippen LogP contribution in [0, 0.1) is 5.92 Å². The molecule has 128 valence electrons. The van der Waals surface area contributed by atoms with Crippen LogP contribution in [-0.2, 0) is 20.8 Å². The van der Waals surface area contributed by atoms with Crippen LogP contribution in [0.25, 0.3) is 0 Å². The maximum absolute atomic E-state index is 6.19. The first kappa shape index (κ1) is 15.6. The van der Waals surface area contributed by atoms with Crippen molar-refractivity contribution in [3.63, 3.8) is 0 Å². The van der Waals surface area contributed by atoms with Crippen LogP contribution >= 0.6 is 0 Å². The minimum atomic E-state index is 0.0179. The van der Waals surface area contributed by atoms with Gasteiger partial charge in [-0.1, -0.05) is 0 Å². The Labute approximate surface area is 137 Å². The van der Waals surface area contributed by atoms with E-state index in [1.165, 1.54) is 5.56 Å². The van der Waals surface area contributed by atoms with Crippen molar-refractivity contribution in [2.75, 3.05) is 39.5 Å². The third kappa shape index (κ3) is 3.79. The molecule has 0 radical (unpaired) electrons. The number of likely N-dealkylation sites (tertiary alicyclic amines) is 1. The molecule has 0 bridgehead atoms. The van der Waals surface area contributed by atoms with E-state index in [4.69, 9.17) is 18.6 Å². The minimum absolute atomic E-state index is 0.0179. The molecule has 0 unspecified atom stereocenters. The van der Waals surface area contributed by atoms with Crippen molar-refractivity contribution in [2.45, 2.75) is 43.9 Å². The molecule has 1 aromatic rings. The molecule has 0 saturated carbocycles. The first-order valence-corrected chi connectivity index (χ1v) is 8.88. The van der Waals surface area contributed by atoms with E-state index in [1.807, 2.05) is 12.3 Å². The molecular weight excluding hydrogens is 294 g/mol. The SMILES string of the molecule is c1cc(CN2CC[C@]3(C[C@H](OCC4CCOCC4)CO3)C2)co1. The zero-order chi connectivity index (χ0) is 15.5. The molecule has 1 spiro atoms. The predicted molar refractivity (Wildman–Crippen MR) is 85.2 cm³/mol.